The standard InChI is InChI=1S/C24H18N4O3/c25-20-7-3-6-18(15-20)23(29)27-26-21-10-12-22(13-11-21)28-31-24(30)19-9-8-16-4-1-2-5-17(16)14-19/h1-15,28H,25H2. The first-order valence-corrected chi connectivity index (χ1v) is 9.46. The average Bonchev–Trinajstić information content (AvgIpc) is 2.81. The van der Waals surface area contributed by atoms with Crippen molar-refractivity contribution < 1.29 is 14.4 Å². The van der Waals surface area contributed by atoms with E-state index in [0.717, 1.165) is 10.8 Å². The molecule has 0 saturated heterocycles. The summed E-state index contributed by atoms with van der Waals surface area (Å²) < 4.78 is 0. The van der Waals surface area contributed by atoms with Crippen molar-refractivity contribution in [2.24, 2.45) is 10.2 Å². The summed E-state index contributed by atoms with van der Waals surface area (Å²) >= 11 is 0. The third-order valence-corrected chi connectivity index (χ3v) is 4.50. The quantitative estimate of drug-likeness (QED) is 0.256. The molecule has 0 aromatic heterocycles. The number of nitrogen functional groups attached to an aromatic ring is 1. The van der Waals surface area contributed by atoms with Crippen molar-refractivity contribution in [3.63, 3.8) is 0 Å². The number of amides is 1. The Labute approximate surface area is 178 Å². The Balaban J connectivity index is 1.35. The Morgan fingerprint density at radius 3 is 2.32 bits per heavy atom. The van der Waals surface area contributed by atoms with Gasteiger partial charge in [-0.25, -0.2) is 10.3 Å². The van der Waals surface area contributed by atoms with E-state index in [0.29, 0.717) is 28.2 Å². The highest BCUT2D eigenvalue weighted by molar-refractivity contribution is 5.96. The second-order valence-corrected chi connectivity index (χ2v) is 6.73. The topological polar surface area (TPSA) is 106 Å². The average molecular weight is 410 g/mol. The van der Waals surface area contributed by atoms with Crippen LogP contribution in [0, 0.1) is 0 Å². The minimum absolute atomic E-state index is 0.364. The van der Waals surface area contributed by atoms with Crippen molar-refractivity contribution in [3.05, 3.63) is 102 Å². The predicted octanol–water partition coefficient (Wildman–Crippen LogP) is 5.53. The minimum Gasteiger partial charge on any atom is -0.399 e. The van der Waals surface area contributed by atoms with E-state index in [2.05, 4.69) is 15.7 Å². The maximum Gasteiger partial charge on any atom is 0.362 e. The molecule has 0 radical (unpaired) electrons. The highest BCUT2D eigenvalue weighted by Crippen LogP contribution is 2.19. The maximum atomic E-state index is 12.3. The zero-order valence-corrected chi connectivity index (χ0v) is 16.4. The number of azo groups is 1. The number of nitrogens with one attached hydrogen (secondary N) is 1. The van der Waals surface area contributed by atoms with E-state index >= 15 is 0 Å². The van der Waals surface area contributed by atoms with E-state index in [-0.39, 0.29) is 0 Å². The number of benzene rings is 4. The summed E-state index contributed by atoms with van der Waals surface area (Å²) in [6.45, 7) is 0. The zero-order valence-electron chi connectivity index (χ0n) is 16.4. The Morgan fingerprint density at radius 2 is 1.55 bits per heavy atom. The van der Waals surface area contributed by atoms with Gasteiger partial charge in [-0.3, -0.25) is 4.79 Å². The molecule has 0 unspecified atom stereocenters. The van der Waals surface area contributed by atoms with Crippen LogP contribution in [0.25, 0.3) is 10.8 Å². The lowest BCUT2D eigenvalue weighted by atomic mass is 10.1. The van der Waals surface area contributed by atoms with Gasteiger partial charge in [-0.2, -0.15) is 0 Å². The van der Waals surface area contributed by atoms with Gasteiger partial charge in [0.05, 0.1) is 16.9 Å². The Kier molecular flexibility index (Phi) is 5.66. The van der Waals surface area contributed by atoms with E-state index in [1.165, 1.54) is 6.07 Å². The summed E-state index contributed by atoms with van der Waals surface area (Å²) in [4.78, 5) is 29.5. The van der Waals surface area contributed by atoms with Gasteiger partial charge in [-0.15, -0.1) is 10.2 Å². The lowest BCUT2D eigenvalue weighted by Crippen LogP contribution is -2.10. The zero-order chi connectivity index (χ0) is 21.6. The number of hydrogen-bond acceptors (Lipinski definition) is 6. The molecule has 4 aromatic carbocycles. The summed E-state index contributed by atoms with van der Waals surface area (Å²) in [5.74, 6) is -0.985. The number of carbonyl (C=O) groups excluding carboxylic acids is 2. The highest BCUT2D eigenvalue weighted by atomic mass is 16.7. The molecule has 0 fully saturated rings. The van der Waals surface area contributed by atoms with Gasteiger partial charge in [0.15, 0.2) is 0 Å². The summed E-state index contributed by atoms with van der Waals surface area (Å²) in [6, 6.07) is 26.3. The lowest BCUT2D eigenvalue weighted by molar-refractivity contribution is 0.0596. The van der Waals surface area contributed by atoms with Crippen LogP contribution in [-0.4, -0.2) is 11.9 Å². The van der Waals surface area contributed by atoms with Gasteiger partial charge in [0.2, 0.25) is 0 Å². The van der Waals surface area contributed by atoms with Crippen molar-refractivity contribution in [1.82, 2.24) is 0 Å². The number of hydrogen-bond donors (Lipinski definition) is 2. The van der Waals surface area contributed by atoms with Crippen LogP contribution in [0.1, 0.15) is 20.7 Å². The molecule has 0 aliphatic rings. The molecule has 0 aliphatic heterocycles. The van der Waals surface area contributed by atoms with Crippen molar-refractivity contribution in [1.29, 1.82) is 0 Å². The number of fused-ring (bicyclic) bond motifs is 1. The van der Waals surface area contributed by atoms with Crippen LogP contribution in [0.4, 0.5) is 17.1 Å². The second-order valence-electron chi connectivity index (χ2n) is 6.73. The molecular weight excluding hydrogens is 392 g/mol. The van der Waals surface area contributed by atoms with Gasteiger partial charge in [0.1, 0.15) is 0 Å². The molecule has 7 nitrogen and oxygen atoms in total. The first-order valence-electron chi connectivity index (χ1n) is 9.46. The van der Waals surface area contributed by atoms with Gasteiger partial charge in [0, 0.05) is 11.3 Å². The molecule has 0 aliphatic carbocycles. The smallest absolute Gasteiger partial charge is 0.362 e. The Hall–Kier alpha value is -4.52. The third-order valence-electron chi connectivity index (χ3n) is 4.50. The predicted molar refractivity (Wildman–Crippen MR) is 119 cm³/mol. The fourth-order valence-corrected chi connectivity index (χ4v) is 2.91. The maximum absolute atomic E-state index is 12.3. The van der Waals surface area contributed by atoms with Crippen LogP contribution in [0.5, 0.6) is 0 Å². The first-order chi connectivity index (χ1) is 15.1. The van der Waals surface area contributed by atoms with Gasteiger partial charge in [-0.05, 0) is 65.4 Å². The molecule has 7 heteroatoms. The number of rotatable bonds is 5. The van der Waals surface area contributed by atoms with Crippen LogP contribution in [0.15, 0.2) is 101 Å². The molecule has 1 amide bonds. The summed E-state index contributed by atoms with van der Waals surface area (Å²) in [5.41, 5.74) is 10.6. The minimum atomic E-state index is -0.498. The van der Waals surface area contributed by atoms with E-state index in [4.69, 9.17) is 10.6 Å². The van der Waals surface area contributed by atoms with Crippen LogP contribution < -0.4 is 11.2 Å². The van der Waals surface area contributed by atoms with Crippen molar-refractivity contribution in [2.75, 3.05) is 11.2 Å². The first kappa shape index (κ1) is 19.8. The summed E-state index contributed by atoms with van der Waals surface area (Å²) in [7, 11) is 0. The number of carbonyl (C=O) groups is 2. The van der Waals surface area contributed by atoms with Crippen LogP contribution in [0.2, 0.25) is 0 Å². The molecular formula is C24H18N4O3. The molecule has 0 bridgehead atoms. The van der Waals surface area contributed by atoms with Crippen LogP contribution >= 0.6 is 0 Å². The molecule has 4 aromatic rings. The molecule has 0 saturated carbocycles. The fraction of sp³-hybridized carbons (Fsp3) is 0. The van der Waals surface area contributed by atoms with Crippen molar-refractivity contribution >= 4 is 39.7 Å². The van der Waals surface area contributed by atoms with Crippen molar-refractivity contribution in [2.45, 2.75) is 0 Å². The molecule has 152 valence electrons. The van der Waals surface area contributed by atoms with E-state index in [1.54, 1.807) is 54.6 Å². The number of nitrogens with two attached hydrogens (primary N) is 1. The van der Waals surface area contributed by atoms with Gasteiger partial charge in [0.25, 0.3) is 5.91 Å². The lowest BCUT2D eigenvalue weighted by Gasteiger charge is -2.07. The molecule has 0 heterocycles. The van der Waals surface area contributed by atoms with E-state index in [1.807, 2.05) is 30.3 Å². The molecule has 4 rings (SSSR count). The second kappa shape index (κ2) is 8.87. The van der Waals surface area contributed by atoms with Crippen LogP contribution in [0.3, 0.4) is 0 Å². The largest absolute Gasteiger partial charge is 0.399 e. The Bertz CT molecular complexity index is 1280. The normalized spacial score (nSPS) is 10.8. The third kappa shape index (κ3) is 4.91. The monoisotopic (exact) mass is 410 g/mol. The SMILES string of the molecule is Nc1cccc(C(=O)N=Nc2ccc(NOC(=O)c3ccc4ccccc4c3)cc2)c1. The molecule has 3 N–H and O–H groups in total. The molecule has 31 heavy (non-hydrogen) atoms. The summed E-state index contributed by atoms with van der Waals surface area (Å²) in [5, 5.41) is 9.63. The van der Waals surface area contributed by atoms with Gasteiger partial charge in [-0.1, -0.05) is 36.4 Å². The van der Waals surface area contributed by atoms with E-state index in [9.17, 15) is 9.59 Å². The summed E-state index contributed by atoms with van der Waals surface area (Å²) in [6.07, 6.45) is 0. The van der Waals surface area contributed by atoms with Crippen molar-refractivity contribution in [3.8, 4) is 0 Å². The number of anilines is 2. The molecule has 0 spiro atoms. The highest BCUT2D eigenvalue weighted by Gasteiger charge is 2.09. The molecule has 0 atom stereocenters. The van der Waals surface area contributed by atoms with Crippen LogP contribution in [-0.2, 0) is 4.84 Å². The fourth-order valence-electron chi connectivity index (χ4n) is 2.91. The number of nitrogens with zero attached hydrogens (tertiary/aromatic N) is 2. The van der Waals surface area contributed by atoms with Gasteiger partial charge >= 0.3 is 5.97 Å². The van der Waals surface area contributed by atoms with Gasteiger partial charge < -0.3 is 10.6 Å². The Morgan fingerprint density at radius 1 is 0.774 bits per heavy atom. The van der Waals surface area contributed by atoms with E-state index < -0.39 is 11.9 Å².